The van der Waals surface area contributed by atoms with Gasteiger partial charge < -0.3 is 4.74 Å². The molecular formula is C16H18N6OS. The molecule has 3 rings (SSSR count). The van der Waals surface area contributed by atoms with Crippen LogP contribution in [0.2, 0.25) is 0 Å². The van der Waals surface area contributed by atoms with Crippen LogP contribution in [0.4, 0.5) is 0 Å². The summed E-state index contributed by atoms with van der Waals surface area (Å²) in [5.74, 6) is 2.20. The Morgan fingerprint density at radius 2 is 2.08 bits per heavy atom. The summed E-state index contributed by atoms with van der Waals surface area (Å²) in [6, 6.07) is 7.77. The molecule has 0 unspecified atom stereocenters. The van der Waals surface area contributed by atoms with Gasteiger partial charge in [0.25, 0.3) is 0 Å². The summed E-state index contributed by atoms with van der Waals surface area (Å²) >= 11 is 1.57. The first-order valence-electron chi connectivity index (χ1n) is 7.38. The number of methoxy groups -OCH3 is 1. The lowest BCUT2D eigenvalue weighted by atomic mass is 10.2. The largest absolute Gasteiger partial charge is 0.496 e. The van der Waals surface area contributed by atoms with E-state index in [-0.39, 0.29) is 0 Å². The Morgan fingerprint density at radius 3 is 2.79 bits per heavy atom. The van der Waals surface area contributed by atoms with Crippen LogP contribution in [-0.2, 0) is 19.3 Å². The summed E-state index contributed by atoms with van der Waals surface area (Å²) in [6.45, 7) is 4.45. The van der Waals surface area contributed by atoms with Crippen LogP contribution < -0.4 is 4.74 Å². The van der Waals surface area contributed by atoms with E-state index in [1.54, 1.807) is 23.6 Å². The fourth-order valence-electron chi connectivity index (χ4n) is 2.32. The number of hydrogen-bond donors (Lipinski definition) is 0. The van der Waals surface area contributed by atoms with Crippen molar-refractivity contribution in [3.8, 4) is 17.1 Å². The van der Waals surface area contributed by atoms with Crippen LogP contribution in [0.25, 0.3) is 11.4 Å². The van der Waals surface area contributed by atoms with Crippen molar-refractivity contribution >= 4 is 11.8 Å². The topological polar surface area (TPSA) is 70.7 Å². The molecule has 2 heterocycles. The molecule has 0 radical (unpaired) electrons. The zero-order valence-corrected chi connectivity index (χ0v) is 14.4. The number of ether oxygens (including phenoxy) is 1. The highest BCUT2D eigenvalue weighted by Gasteiger charge is 2.17. The maximum atomic E-state index is 5.44. The highest BCUT2D eigenvalue weighted by atomic mass is 32.2. The summed E-state index contributed by atoms with van der Waals surface area (Å²) in [7, 11) is 3.50. The molecule has 0 aliphatic rings. The highest BCUT2D eigenvalue weighted by Crippen LogP contribution is 2.31. The highest BCUT2D eigenvalue weighted by molar-refractivity contribution is 7.98. The molecular weight excluding hydrogens is 324 g/mol. The lowest BCUT2D eigenvalue weighted by Crippen LogP contribution is -2.01. The van der Waals surface area contributed by atoms with Gasteiger partial charge in [0.05, 0.1) is 18.4 Å². The number of hydrogen-bond acceptors (Lipinski definition) is 6. The summed E-state index contributed by atoms with van der Waals surface area (Å²) in [5, 5.41) is 17.5. The molecule has 0 fully saturated rings. The minimum Gasteiger partial charge on any atom is -0.496 e. The van der Waals surface area contributed by atoms with E-state index in [0.29, 0.717) is 12.3 Å². The zero-order valence-electron chi connectivity index (χ0n) is 13.6. The molecule has 2 aromatic heterocycles. The maximum Gasteiger partial charge on any atom is 0.192 e. The van der Waals surface area contributed by atoms with Crippen molar-refractivity contribution in [1.29, 1.82) is 0 Å². The SMILES string of the molecule is C=CCn1c(SCc2cn(C)nn2)nnc1-c1ccccc1OC. The average Bonchev–Trinajstić information content (AvgIpc) is 3.19. The van der Waals surface area contributed by atoms with Crippen molar-refractivity contribution in [1.82, 2.24) is 29.8 Å². The first-order chi connectivity index (χ1) is 11.7. The van der Waals surface area contributed by atoms with E-state index in [4.69, 9.17) is 4.74 Å². The first-order valence-corrected chi connectivity index (χ1v) is 8.37. The standard InChI is InChI=1S/C16H18N6OS/c1-4-9-22-15(13-7-5-6-8-14(13)23-3)18-19-16(22)24-11-12-10-21(2)20-17-12/h4-8,10H,1,9,11H2,2-3H3. The molecule has 24 heavy (non-hydrogen) atoms. The summed E-state index contributed by atoms with van der Waals surface area (Å²) < 4.78 is 9.14. The number of aromatic nitrogens is 6. The monoisotopic (exact) mass is 342 g/mol. The molecule has 0 N–H and O–H groups in total. The van der Waals surface area contributed by atoms with E-state index in [0.717, 1.165) is 28.0 Å². The molecule has 3 aromatic rings. The molecule has 1 aromatic carbocycles. The quantitative estimate of drug-likeness (QED) is 0.485. The predicted molar refractivity (Wildman–Crippen MR) is 92.8 cm³/mol. The van der Waals surface area contributed by atoms with E-state index in [1.165, 1.54) is 0 Å². The van der Waals surface area contributed by atoms with Gasteiger partial charge in [0.2, 0.25) is 0 Å². The van der Waals surface area contributed by atoms with Gasteiger partial charge >= 0.3 is 0 Å². The van der Waals surface area contributed by atoms with Gasteiger partial charge in [-0.2, -0.15) is 0 Å². The Balaban J connectivity index is 1.91. The molecule has 0 atom stereocenters. The van der Waals surface area contributed by atoms with Gasteiger partial charge in [-0.25, -0.2) is 0 Å². The second kappa shape index (κ2) is 7.31. The fraction of sp³-hybridized carbons (Fsp3) is 0.250. The van der Waals surface area contributed by atoms with Crippen LogP contribution >= 0.6 is 11.8 Å². The van der Waals surface area contributed by atoms with Gasteiger partial charge in [0.15, 0.2) is 11.0 Å². The van der Waals surface area contributed by atoms with Gasteiger partial charge in [-0.05, 0) is 12.1 Å². The molecule has 0 saturated heterocycles. The molecule has 7 nitrogen and oxygen atoms in total. The Morgan fingerprint density at radius 1 is 1.25 bits per heavy atom. The number of nitrogens with zero attached hydrogens (tertiary/aromatic N) is 6. The predicted octanol–water partition coefficient (Wildman–Crippen LogP) is 2.56. The number of rotatable bonds is 7. The zero-order chi connectivity index (χ0) is 16.9. The molecule has 0 spiro atoms. The Hall–Kier alpha value is -2.61. The van der Waals surface area contributed by atoms with Crippen LogP contribution in [-0.4, -0.2) is 36.9 Å². The molecule has 0 aliphatic carbocycles. The summed E-state index contributed by atoms with van der Waals surface area (Å²) in [5.41, 5.74) is 1.80. The van der Waals surface area contributed by atoms with Crippen molar-refractivity contribution in [3.05, 3.63) is 48.8 Å². The maximum absolute atomic E-state index is 5.44. The third-order valence-corrected chi connectivity index (χ3v) is 4.38. The van der Waals surface area contributed by atoms with Gasteiger partial charge in [0.1, 0.15) is 5.75 Å². The van der Waals surface area contributed by atoms with Crippen LogP contribution in [0, 0.1) is 0 Å². The third kappa shape index (κ3) is 3.33. The van der Waals surface area contributed by atoms with Crippen LogP contribution in [0.5, 0.6) is 5.75 Å². The van der Waals surface area contributed by atoms with Gasteiger partial charge in [-0.3, -0.25) is 9.25 Å². The van der Waals surface area contributed by atoms with Crippen molar-refractivity contribution in [2.24, 2.45) is 7.05 Å². The average molecular weight is 342 g/mol. The molecule has 0 amide bonds. The van der Waals surface area contributed by atoms with Crippen LogP contribution in [0.15, 0.2) is 48.3 Å². The summed E-state index contributed by atoms with van der Waals surface area (Å²) in [4.78, 5) is 0. The third-order valence-electron chi connectivity index (χ3n) is 3.38. The van der Waals surface area contributed by atoms with Crippen LogP contribution in [0.3, 0.4) is 0 Å². The number of aryl methyl sites for hydroxylation is 1. The first kappa shape index (κ1) is 16.3. The van der Waals surface area contributed by atoms with Crippen molar-refractivity contribution in [2.75, 3.05) is 7.11 Å². The van der Waals surface area contributed by atoms with E-state index in [9.17, 15) is 0 Å². The lowest BCUT2D eigenvalue weighted by Gasteiger charge is -2.10. The van der Waals surface area contributed by atoms with Crippen molar-refractivity contribution in [2.45, 2.75) is 17.5 Å². The van der Waals surface area contributed by atoms with Gasteiger partial charge in [0, 0.05) is 25.5 Å². The van der Waals surface area contributed by atoms with Crippen LogP contribution in [0.1, 0.15) is 5.69 Å². The smallest absolute Gasteiger partial charge is 0.192 e. The second-order valence-corrected chi connectivity index (χ2v) is 6.02. The second-order valence-electron chi connectivity index (χ2n) is 5.08. The van der Waals surface area contributed by atoms with Crippen molar-refractivity contribution in [3.63, 3.8) is 0 Å². The number of para-hydroxylation sites is 1. The fourth-order valence-corrected chi connectivity index (χ4v) is 3.14. The minimum atomic E-state index is 0.614. The molecule has 0 aliphatic heterocycles. The van der Waals surface area contributed by atoms with E-state index >= 15 is 0 Å². The Bertz CT molecular complexity index is 841. The van der Waals surface area contributed by atoms with Crippen molar-refractivity contribution < 1.29 is 4.74 Å². The van der Waals surface area contributed by atoms with E-state index < -0.39 is 0 Å². The Kier molecular flexibility index (Phi) is 4.95. The lowest BCUT2D eigenvalue weighted by molar-refractivity contribution is 0.416. The molecule has 0 bridgehead atoms. The molecule has 0 saturated carbocycles. The van der Waals surface area contributed by atoms with E-state index in [1.807, 2.05) is 48.2 Å². The Labute approximate surface area is 144 Å². The minimum absolute atomic E-state index is 0.614. The number of allylic oxidation sites excluding steroid dienone is 1. The molecule has 8 heteroatoms. The number of benzene rings is 1. The molecule has 124 valence electrons. The van der Waals surface area contributed by atoms with E-state index in [2.05, 4.69) is 27.1 Å². The number of thioether (sulfide) groups is 1. The van der Waals surface area contributed by atoms with Gasteiger partial charge in [-0.1, -0.05) is 35.2 Å². The van der Waals surface area contributed by atoms with Gasteiger partial charge in [-0.15, -0.1) is 21.9 Å². The summed E-state index contributed by atoms with van der Waals surface area (Å²) in [6.07, 6.45) is 3.72. The normalized spacial score (nSPS) is 10.8.